The molecule has 2 fully saturated rings. The summed E-state index contributed by atoms with van der Waals surface area (Å²) in [6.45, 7) is 4.14. The van der Waals surface area contributed by atoms with Gasteiger partial charge in [-0.25, -0.2) is 4.39 Å². The summed E-state index contributed by atoms with van der Waals surface area (Å²) in [6, 6.07) is 6.94. The molecule has 1 unspecified atom stereocenters. The maximum atomic E-state index is 13.5. The van der Waals surface area contributed by atoms with Crippen LogP contribution in [0.5, 0.6) is 0 Å². The van der Waals surface area contributed by atoms with Crippen molar-refractivity contribution in [3.8, 4) is 0 Å². The van der Waals surface area contributed by atoms with Crippen LogP contribution in [0.2, 0.25) is 0 Å². The standard InChI is InChI=1S/C22H30FN5O.HI/c1-24-21(28-10-7-17(15-28)18-13-26-27(2)14-18)25-16-22(8-11-29-12-9-22)19-3-5-20(23)6-4-19;/h3-6,13-14,17H,7-12,15-16H2,1-2H3,(H,24,25);1H. The number of rotatable bonds is 4. The second kappa shape index (κ2) is 10.1. The number of halogens is 2. The van der Waals surface area contributed by atoms with Crippen LogP contribution < -0.4 is 5.32 Å². The maximum absolute atomic E-state index is 13.5. The molecule has 1 atom stereocenters. The first kappa shape index (κ1) is 23.0. The summed E-state index contributed by atoms with van der Waals surface area (Å²) < 4.78 is 20.9. The molecule has 2 saturated heterocycles. The molecule has 2 aromatic rings. The zero-order valence-corrected chi connectivity index (χ0v) is 20.0. The number of nitrogens with one attached hydrogen (secondary N) is 1. The molecule has 1 aromatic heterocycles. The molecule has 0 aliphatic carbocycles. The van der Waals surface area contributed by atoms with E-state index < -0.39 is 0 Å². The van der Waals surface area contributed by atoms with Gasteiger partial charge in [-0.3, -0.25) is 9.67 Å². The van der Waals surface area contributed by atoms with Gasteiger partial charge in [0.1, 0.15) is 5.82 Å². The Balaban J connectivity index is 0.00000256. The Labute approximate surface area is 194 Å². The molecule has 0 radical (unpaired) electrons. The monoisotopic (exact) mass is 527 g/mol. The average molecular weight is 527 g/mol. The fraction of sp³-hybridized carbons (Fsp3) is 0.545. The van der Waals surface area contributed by atoms with Gasteiger partial charge in [-0.15, -0.1) is 24.0 Å². The van der Waals surface area contributed by atoms with Crippen LogP contribution in [-0.2, 0) is 17.2 Å². The topological polar surface area (TPSA) is 54.7 Å². The van der Waals surface area contributed by atoms with Crippen molar-refractivity contribution in [3.63, 3.8) is 0 Å². The van der Waals surface area contributed by atoms with Gasteiger partial charge in [-0.1, -0.05) is 12.1 Å². The lowest BCUT2D eigenvalue weighted by atomic mass is 9.74. The SMILES string of the molecule is CN=C(NCC1(c2ccc(F)cc2)CCOCC1)N1CCC(c2cnn(C)c2)C1.I. The van der Waals surface area contributed by atoms with Gasteiger partial charge in [-0.2, -0.15) is 5.10 Å². The number of nitrogens with zero attached hydrogens (tertiary/aromatic N) is 4. The summed E-state index contributed by atoms with van der Waals surface area (Å²) in [4.78, 5) is 6.87. The van der Waals surface area contributed by atoms with E-state index in [1.807, 2.05) is 37.1 Å². The Morgan fingerprint density at radius 1 is 1.30 bits per heavy atom. The predicted molar refractivity (Wildman–Crippen MR) is 127 cm³/mol. The van der Waals surface area contributed by atoms with E-state index in [4.69, 9.17) is 4.74 Å². The number of likely N-dealkylation sites (tertiary alicyclic amines) is 1. The first-order valence-corrected chi connectivity index (χ1v) is 10.4. The van der Waals surface area contributed by atoms with E-state index in [0.717, 1.165) is 58.1 Å². The Hall–Kier alpha value is -1.68. The van der Waals surface area contributed by atoms with Gasteiger partial charge in [0.25, 0.3) is 0 Å². The third-order valence-corrected chi connectivity index (χ3v) is 6.39. The van der Waals surface area contributed by atoms with Crippen LogP contribution in [0.4, 0.5) is 4.39 Å². The van der Waals surface area contributed by atoms with Gasteiger partial charge in [0, 0.05) is 64.5 Å². The van der Waals surface area contributed by atoms with Crippen LogP contribution in [0.15, 0.2) is 41.7 Å². The lowest BCUT2D eigenvalue weighted by Gasteiger charge is -2.39. The molecule has 6 nitrogen and oxygen atoms in total. The third kappa shape index (κ3) is 4.96. The summed E-state index contributed by atoms with van der Waals surface area (Å²) in [5.74, 6) is 1.22. The lowest BCUT2D eigenvalue weighted by Crippen LogP contribution is -2.48. The number of hydrogen-bond donors (Lipinski definition) is 1. The van der Waals surface area contributed by atoms with Crippen LogP contribution in [0.3, 0.4) is 0 Å². The van der Waals surface area contributed by atoms with Crippen LogP contribution in [-0.4, -0.2) is 60.5 Å². The summed E-state index contributed by atoms with van der Waals surface area (Å²) in [6.07, 6.45) is 7.01. The second-order valence-electron chi connectivity index (χ2n) is 8.18. The fourth-order valence-electron chi connectivity index (χ4n) is 4.59. The molecule has 1 N–H and O–H groups in total. The minimum atomic E-state index is -0.196. The molecule has 0 saturated carbocycles. The Morgan fingerprint density at radius 2 is 2.03 bits per heavy atom. The van der Waals surface area contributed by atoms with Crippen molar-refractivity contribution >= 4 is 29.9 Å². The molecule has 164 valence electrons. The Bertz CT molecular complexity index is 847. The van der Waals surface area contributed by atoms with E-state index in [9.17, 15) is 4.39 Å². The lowest BCUT2D eigenvalue weighted by molar-refractivity contribution is 0.0512. The van der Waals surface area contributed by atoms with Crippen molar-refractivity contribution in [1.82, 2.24) is 20.0 Å². The van der Waals surface area contributed by atoms with Crippen molar-refractivity contribution in [1.29, 1.82) is 0 Å². The number of hydrogen-bond acceptors (Lipinski definition) is 3. The zero-order chi connectivity index (χ0) is 20.3. The van der Waals surface area contributed by atoms with Gasteiger partial charge in [0.05, 0.1) is 6.20 Å². The molecule has 0 amide bonds. The molecule has 0 spiro atoms. The second-order valence-corrected chi connectivity index (χ2v) is 8.18. The quantitative estimate of drug-likeness (QED) is 0.377. The molecule has 3 heterocycles. The molecule has 2 aliphatic rings. The van der Waals surface area contributed by atoms with Crippen molar-refractivity contribution in [2.45, 2.75) is 30.6 Å². The highest BCUT2D eigenvalue weighted by atomic mass is 127. The molecular weight excluding hydrogens is 496 g/mol. The first-order chi connectivity index (χ1) is 14.1. The third-order valence-electron chi connectivity index (χ3n) is 6.39. The number of ether oxygens (including phenoxy) is 1. The van der Waals surface area contributed by atoms with E-state index in [-0.39, 0.29) is 35.2 Å². The van der Waals surface area contributed by atoms with E-state index in [1.54, 1.807) is 12.1 Å². The van der Waals surface area contributed by atoms with Crippen molar-refractivity contribution < 1.29 is 9.13 Å². The molecule has 8 heteroatoms. The van der Waals surface area contributed by atoms with Crippen LogP contribution >= 0.6 is 24.0 Å². The maximum Gasteiger partial charge on any atom is 0.193 e. The van der Waals surface area contributed by atoms with Gasteiger partial charge in [-0.05, 0) is 42.5 Å². The summed E-state index contributed by atoms with van der Waals surface area (Å²) in [7, 11) is 3.80. The molecule has 4 rings (SSSR count). The van der Waals surface area contributed by atoms with Crippen molar-refractivity contribution in [3.05, 3.63) is 53.6 Å². The van der Waals surface area contributed by atoms with Crippen molar-refractivity contribution in [2.24, 2.45) is 12.0 Å². The van der Waals surface area contributed by atoms with E-state index in [2.05, 4.69) is 26.5 Å². The predicted octanol–water partition coefficient (Wildman–Crippen LogP) is 3.29. The van der Waals surface area contributed by atoms with Crippen LogP contribution in [0, 0.1) is 5.82 Å². The van der Waals surface area contributed by atoms with E-state index >= 15 is 0 Å². The Morgan fingerprint density at radius 3 is 2.67 bits per heavy atom. The number of aliphatic imine (C=N–C) groups is 1. The highest BCUT2D eigenvalue weighted by molar-refractivity contribution is 14.0. The molecule has 0 bridgehead atoms. The average Bonchev–Trinajstić information content (AvgIpc) is 3.39. The zero-order valence-electron chi connectivity index (χ0n) is 17.7. The molecule has 30 heavy (non-hydrogen) atoms. The number of aryl methyl sites for hydroxylation is 1. The van der Waals surface area contributed by atoms with Crippen molar-refractivity contribution in [2.75, 3.05) is 39.9 Å². The highest BCUT2D eigenvalue weighted by Gasteiger charge is 2.35. The first-order valence-electron chi connectivity index (χ1n) is 10.4. The molecule has 1 aromatic carbocycles. The molecule has 2 aliphatic heterocycles. The number of guanidine groups is 1. The summed E-state index contributed by atoms with van der Waals surface area (Å²) in [5, 5.41) is 7.93. The van der Waals surface area contributed by atoms with Gasteiger partial charge >= 0.3 is 0 Å². The van der Waals surface area contributed by atoms with E-state index in [1.165, 1.54) is 11.1 Å². The molecular formula is C22H31FIN5O. The van der Waals surface area contributed by atoms with Gasteiger partial charge in [0.15, 0.2) is 5.96 Å². The minimum Gasteiger partial charge on any atom is -0.381 e. The minimum absolute atomic E-state index is 0. The Kier molecular flexibility index (Phi) is 7.73. The van der Waals surface area contributed by atoms with Crippen LogP contribution in [0.1, 0.15) is 36.3 Å². The largest absolute Gasteiger partial charge is 0.381 e. The normalized spacial score (nSPS) is 21.4. The number of benzene rings is 1. The van der Waals surface area contributed by atoms with E-state index in [0.29, 0.717) is 5.92 Å². The van der Waals surface area contributed by atoms with Gasteiger partial charge in [0.2, 0.25) is 0 Å². The summed E-state index contributed by atoms with van der Waals surface area (Å²) in [5.41, 5.74) is 2.39. The highest BCUT2D eigenvalue weighted by Crippen LogP contribution is 2.34. The van der Waals surface area contributed by atoms with Crippen LogP contribution in [0.25, 0.3) is 0 Å². The fourth-order valence-corrected chi connectivity index (χ4v) is 4.59. The number of aromatic nitrogens is 2. The van der Waals surface area contributed by atoms with Gasteiger partial charge < -0.3 is 15.0 Å². The summed E-state index contributed by atoms with van der Waals surface area (Å²) >= 11 is 0. The smallest absolute Gasteiger partial charge is 0.193 e.